The SMILES string of the molecule is O=C(O)C(=O)O.Oc1cccc(C2CCC3CCCCN3C2)c1. The van der Waals surface area contributed by atoms with Gasteiger partial charge in [0, 0.05) is 12.6 Å². The van der Waals surface area contributed by atoms with Gasteiger partial charge < -0.3 is 15.3 Å². The second-order valence-corrected chi connectivity index (χ2v) is 6.12. The zero-order valence-corrected chi connectivity index (χ0v) is 13.0. The van der Waals surface area contributed by atoms with Crippen LogP contribution in [0.15, 0.2) is 24.3 Å². The van der Waals surface area contributed by atoms with Gasteiger partial charge in [0.2, 0.25) is 0 Å². The monoisotopic (exact) mass is 321 g/mol. The van der Waals surface area contributed by atoms with E-state index in [2.05, 4.69) is 11.0 Å². The molecule has 0 amide bonds. The summed E-state index contributed by atoms with van der Waals surface area (Å²) in [4.78, 5) is 20.9. The molecule has 2 fully saturated rings. The summed E-state index contributed by atoms with van der Waals surface area (Å²) in [7, 11) is 0. The van der Waals surface area contributed by atoms with Gasteiger partial charge in [-0.05, 0) is 55.8 Å². The Balaban J connectivity index is 0.000000277. The van der Waals surface area contributed by atoms with Crippen molar-refractivity contribution >= 4 is 11.9 Å². The number of hydrogen-bond acceptors (Lipinski definition) is 4. The summed E-state index contributed by atoms with van der Waals surface area (Å²) >= 11 is 0. The van der Waals surface area contributed by atoms with Crippen molar-refractivity contribution in [2.75, 3.05) is 13.1 Å². The molecule has 6 nitrogen and oxygen atoms in total. The van der Waals surface area contributed by atoms with Crippen LogP contribution in [0.4, 0.5) is 0 Å². The van der Waals surface area contributed by atoms with E-state index in [4.69, 9.17) is 19.8 Å². The summed E-state index contributed by atoms with van der Waals surface area (Å²) < 4.78 is 0. The van der Waals surface area contributed by atoms with Gasteiger partial charge >= 0.3 is 11.9 Å². The number of rotatable bonds is 1. The van der Waals surface area contributed by atoms with Crippen LogP contribution in [-0.4, -0.2) is 51.3 Å². The van der Waals surface area contributed by atoms with E-state index in [1.165, 1.54) is 50.8 Å². The van der Waals surface area contributed by atoms with Crippen molar-refractivity contribution in [1.82, 2.24) is 4.90 Å². The Morgan fingerprint density at radius 3 is 2.43 bits per heavy atom. The third-order valence-electron chi connectivity index (χ3n) is 4.58. The fraction of sp³-hybridized carbons (Fsp3) is 0.529. The molecule has 0 aromatic heterocycles. The van der Waals surface area contributed by atoms with Gasteiger partial charge in [0.05, 0.1) is 0 Å². The molecule has 126 valence electrons. The van der Waals surface area contributed by atoms with Crippen LogP contribution in [0.5, 0.6) is 5.75 Å². The van der Waals surface area contributed by atoms with Crippen molar-refractivity contribution in [3.05, 3.63) is 29.8 Å². The number of phenolic OH excluding ortho intramolecular Hbond substituents is 1. The molecule has 2 saturated heterocycles. The molecular weight excluding hydrogens is 298 g/mol. The first-order valence-electron chi connectivity index (χ1n) is 7.96. The molecular formula is C17H23NO5. The molecule has 2 aliphatic heterocycles. The second kappa shape index (κ2) is 7.97. The highest BCUT2D eigenvalue weighted by atomic mass is 16.4. The lowest BCUT2D eigenvalue weighted by atomic mass is 9.84. The largest absolute Gasteiger partial charge is 0.508 e. The first-order chi connectivity index (χ1) is 11.0. The normalized spacial score (nSPS) is 24.0. The van der Waals surface area contributed by atoms with Crippen molar-refractivity contribution in [3.8, 4) is 5.75 Å². The fourth-order valence-electron chi connectivity index (χ4n) is 3.45. The number of nitrogens with zero attached hydrogens (tertiary/aromatic N) is 1. The molecule has 3 rings (SSSR count). The summed E-state index contributed by atoms with van der Waals surface area (Å²) in [5, 5.41) is 24.3. The summed E-state index contributed by atoms with van der Waals surface area (Å²) in [6.45, 7) is 2.47. The maximum absolute atomic E-state index is 9.56. The van der Waals surface area contributed by atoms with Crippen molar-refractivity contribution in [2.45, 2.75) is 44.1 Å². The van der Waals surface area contributed by atoms with Gasteiger partial charge in [0.1, 0.15) is 5.75 Å². The number of fused-ring (bicyclic) bond motifs is 1. The lowest BCUT2D eigenvalue weighted by Gasteiger charge is -2.42. The van der Waals surface area contributed by atoms with Crippen LogP contribution < -0.4 is 0 Å². The number of carbonyl (C=O) groups is 2. The van der Waals surface area contributed by atoms with E-state index < -0.39 is 11.9 Å². The number of carboxylic acids is 2. The second-order valence-electron chi connectivity index (χ2n) is 6.12. The van der Waals surface area contributed by atoms with Crippen LogP contribution in [-0.2, 0) is 9.59 Å². The maximum Gasteiger partial charge on any atom is 0.414 e. The number of piperidine rings is 2. The lowest BCUT2D eigenvalue weighted by Crippen LogP contribution is -2.45. The Bertz CT molecular complexity index is 548. The molecule has 0 saturated carbocycles. The van der Waals surface area contributed by atoms with Gasteiger partial charge in [0.25, 0.3) is 0 Å². The lowest BCUT2D eigenvalue weighted by molar-refractivity contribution is -0.159. The van der Waals surface area contributed by atoms with Crippen LogP contribution in [0.3, 0.4) is 0 Å². The third-order valence-corrected chi connectivity index (χ3v) is 4.58. The smallest absolute Gasteiger partial charge is 0.414 e. The molecule has 0 bridgehead atoms. The van der Waals surface area contributed by atoms with E-state index in [1.54, 1.807) is 6.07 Å². The van der Waals surface area contributed by atoms with Crippen LogP contribution >= 0.6 is 0 Å². The van der Waals surface area contributed by atoms with E-state index in [0.29, 0.717) is 11.7 Å². The zero-order valence-electron chi connectivity index (χ0n) is 13.0. The molecule has 2 aliphatic rings. The van der Waals surface area contributed by atoms with Crippen molar-refractivity contribution < 1.29 is 24.9 Å². The van der Waals surface area contributed by atoms with E-state index in [-0.39, 0.29) is 0 Å². The minimum atomic E-state index is -1.82. The molecule has 0 spiro atoms. The van der Waals surface area contributed by atoms with Gasteiger partial charge in [-0.3, -0.25) is 4.90 Å². The topological polar surface area (TPSA) is 98.1 Å². The van der Waals surface area contributed by atoms with Crippen LogP contribution in [0, 0.1) is 0 Å². The molecule has 6 heteroatoms. The van der Waals surface area contributed by atoms with Gasteiger partial charge in [-0.1, -0.05) is 18.6 Å². The predicted octanol–water partition coefficient (Wildman–Crippen LogP) is 2.28. The molecule has 1 aromatic rings. The number of benzene rings is 1. The van der Waals surface area contributed by atoms with E-state index in [9.17, 15) is 5.11 Å². The quantitative estimate of drug-likeness (QED) is 0.687. The van der Waals surface area contributed by atoms with Gasteiger partial charge in [-0.2, -0.15) is 0 Å². The number of hydrogen-bond donors (Lipinski definition) is 3. The van der Waals surface area contributed by atoms with E-state index in [1.807, 2.05) is 12.1 Å². The third kappa shape index (κ3) is 4.96. The zero-order chi connectivity index (χ0) is 16.8. The number of aromatic hydroxyl groups is 1. The minimum absolute atomic E-state index is 0.406. The maximum atomic E-state index is 9.56. The molecule has 3 N–H and O–H groups in total. The van der Waals surface area contributed by atoms with Crippen LogP contribution in [0.25, 0.3) is 0 Å². The molecule has 2 atom stereocenters. The van der Waals surface area contributed by atoms with Gasteiger partial charge in [-0.25, -0.2) is 9.59 Å². The Morgan fingerprint density at radius 2 is 1.78 bits per heavy atom. The molecule has 2 heterocycles. The first kappa shape index (κ1) is 17.3. The van der Waals surface area contributed by atoms with Gasteiger partial charge in [0.15, 0.2) is 0 Å². The average molecular weight is 321 g/mol. The fourth-order valence-corrected chi connectivity index (χ4v) is 3.45. The summed E-state index contributed by atoms with van der Waals surface area (Å²) in [6.07, 6.45) is 6.79. The molecule has 1 aromatic carbocycles. The minimum Gasteiger partial charge on any atom is -0.508 e. The van der Waals surface area contributed by atoms with Crippen molar-refractivity contribution in [1.29, 1.82) is 0 Å². The molecule has 23 heavy (non-hydrogen) atoms. The number of phenols is 1. The van der Waals surface area contributed by atoms with Gasteiger partial charge in [-0.15, -0.1) is 0 Å². The Labute approximate surface area is 135 Å². The Morgan fingerprint density at radius 1 is 1.04 bits per heavy atom. The van der Waals surface area contributed by atoms with Crippen molar-refractivity contribution in [3.63, 3.8) is 0 Å². The number of aliphatic carboxylic acids is 2. The average Bonchev–Trinajstić information content (AvgIpc) is 2.55. The number of carboxylic acid groups (broad SMARTS) is 2. The Kier molecular flexibility index (Phi) is 5.98. The standard InChI is InChI=1S/C15H21NO.C2H2O4/c17-15-6-3-4-12(10-15)13-7-8-14-5-1-2-9-16(14)11-13;3-1(4)2(5)6/h3-4,6,10,13-14,17H,1-2,5,7-9,11H2;(H,3,4)(H,5,6). The van der Waals surface area contributed by atoms with E-state index >= 15 is 0 Å². The first-order valence-corrected chi connectivity index (χ1v) is 7.96. The highest BCUT2D eigenvalue weighted by Gasteiger charge is 2.30. The van der Waals surface area contributed by atoms with Crippen molar-refractivity contribution in [2.24, 2.45) is 0 Å². The van der Waals surface area contributed by atoms with Crippen LogP contribution in [0.1, 0.15) is 43.6 Å². The predicted molar refractivity (Wildman–Crippen MR) is 84.6 cm³/mol. The highest BCUT2D eigenvalue weighted by molar-refractivity contribution is 6.27. The molecule has 0 radical (unpaired) electrons. The summed E-state index contributed by atoms with van der Waals surface area (Å²) in [5.41, 5.74) is 1.31. The van der Waals surface area contributed by atoms with E-state index in [0.717, 1.165) is 6.04 Å². The summed E-state index contributed by atoms with van der Waals surface area (Å²) in [6, 6.07) is 8.67. The Hall–Kier alpha value is -2.08. The molecule has 0 aliphatic carbocycles. The summed E-state index contributed by atoms with van der Waals surface area (Å²) in [5.74, 6) is -2.62. The molecule has 2 unspecified atom stereocenters. The van der Waals surface area contributed by atoms with Crippen LogP contribution in [0.2, 0.25) is 0 Å². The highest BCUT2D eigenvalue weighted by Crippen LogP contribution is 2.34.